The molecule has 0 aliphatic rings. The van der Waals surface area contributed by atoms with E-state index in [1.807, 2.05) is 36.4 Å². The first-order valence-corrected chi connectivity index (χ1v) is 6.75. The van der Waals surface area contributed by atoms with Gasteiger partial charge in [0, 0.05) is 6.20 Å². The van der Waals surface area contributed by atoms with Crippen molar-refractivity contribution in [2.75, 3.05) is 12.4 Å². The first kappa shape index (κ1) is 11.9. The Morgan fingerprint density at radius 1 is 1.26 bits per heavy atom. The molecule has 3 aromatic rings. The average molecular weight is 271 g/mol. The number of ether oxygens (including phenoxy) is 1. The predicted molar refractivity (Wildman–Crippen MR) is 77.7 cm³/mol. The van der Waals surface area contributed by atoms with Crippen LogP contribution >= 0.6 is 11.3 Å². The zero-order valence-corrected chi connectivity index (χ0v) is 11.3. The molecule has 0 fully saturated rings. The average Bonchev–Trinajstić information content (AvgIpc) is 2.88. The van der Waals surface area contributed by atoms with Crippen LogP contribution in [0.3, 0.4) is 0 Å². The first-order chi connectivity index (χ1) is 9.35. The van der Waals surface area contributed by atoms with E-state index in [1.54, 1.807) is 24.6 Å². The van der Waals surface area contributed by atoms with Gasteiger partial charge in [0.15, 0.2) is 5.13 Å². The third-order valence-electron chi connectivity index (χ3n) is 2.74. The number of fused-ring (bicyclic) bond motifs is 1. The Kier molecular flexibility index (Phi) is 3.29. The minimum Gasteiger partial charge on any atom is -0.497 e. The van der Waals surface area contributed by atoms with E-state index in [9.17, 15) is 0 Å². The van der Waals surface area contributed by atoms with Crippen LogP contribution in [0.25, 0.3) is 10.2 Å². The van der Waals surface area contributed by atoms with Gasteiger partial charge in [-0.25, -0.2) is 4.98 Å². The normalized spacial score (nSPS) is 10.6. The minimum absolute atomic E-state index is 0.678. The highest BCUT2D eigenvalue weighted by atomic mass is 32.1. The van der Waals surface area contributed by atoms with E-state index in [0.29, 0.717) is 6.54 Å². The lowest BCUT2D eigenvalue weighted by molar-refractivity contribution is 0.415. The highest BCUT2D eigenvalue weighted by Crippen LogP contribution is 2.29. The smallest absolute Gasteiger partial charge is 0.184 e. The van der Waals surface area contributed by atoms with Crippen molar-refractivity contribution in [1.29, 1.82) is 0 Å². The van der Waals surface area contributed by atoms with Crippen LogP contribution in [0.4, 0.5) is 5.13 Å². The Morgan fingerprint density at radius 3 is 3.00 bits per heavy atom. The summed E-state index contributed by atoms with van der Waals surface area (Å²) in [5, 5.41) is 4.19. The number of benzene rings is 1. The van der Waals surface area contributed by atoms with E-state index in [1.165, 1.54) is 0 Å². The fraction of sp³-hybridized carbons (Fsp3) is 0.143. The molecule has 0 radical (unpaired) electrons. The minimum atomic E-state index is 0.678. The Hall–Kier alpha value is -2.14. The van der Waals surface area contributed by atoms with Crippen molar-refractivity contribution in [1.82, 2.24) is 9.97 Å². The van der Waals surface area contributed by atoms with E-state index in [4.69, 9.17) is 4.74 Å². The molecule has 0 aliphatic carbocycles. The highest BCUT2D eigenvalue weighted by Gasteiger charge is 2.04. The van der Waals surface area contributed by atoms with E-state index >= 15 is 0 Å². The van der Waals surface area contributed by atoms with E-state index in [2.05, 4.69) is 15.3 Å². The van der Waals surface area contributed by atoms with Gasteiger partial charge in [0.1, 0.15) is 5.75 Å². The second kappa shape index (κ2) is 5.24. The maximum absolute atomic E-state index is 5.21. The second-order valence-corrected chi connectivity index (χ2v) is 5.06. The van der Waals surface area contributed by atoms with Gasteiger partial charge in [-0.3, -0.25) is 4.98 Å². The standard InChI is InChI=1S/C14H13N3OS/c1-18-11-5-6-12-13(8-11)19-14(17-12)16-9-10-4-2-3-7-15-10/h2-8H,9H2,1H3,(H,16,17). The molecule has 0 aliphatic heterocycles. The van der Waals surface area contributed by atoms with Gasteiger partial charge in [-0.1, -0.05) is 17.4 Å². The molecule has 1 aromatic carbocycles. The third-order valence-corrected chi connectivity index (χ3v) is 3.72. The third kappa shape index (κ3) is 2.66. The summed E-state index contributed by atoms with van der Waals surface area (Å²) in [7, 11) is 1.67. The fourth-order valence-electron chi connectivity index (χ4n) is 1.78. The number of thiazole rings is 1. The largest absolute Gasteiger partial charge is 0.497 e. The topological polar surface area (TPSA) is 47.0 Å². The molecule has 3 rings (SSSR count). The lowest BCUT2D eigenvalue weighted by Crippen LogP contribution is -2.00. The van der Waals surface area contributed by atoms with Crippen molar-refractivity contribution >= 4 is 26.7 Å². The van der Waals surface area contributed by atoms with Gasteiger partial charge < -0.3 is 10.1 Å². The molecule has 0 saturated carbocycles. The number of anilines is 1. The van der Waals surface area contributed by atoms with Crippen molar-refractivity contribution in [3.8, 4) is 5.75 Å². The Labute approximate surface area is 115 Å². The van der Waals surface area contributed by atoms with Crippen molar-refractivity contribution in [3.63, 3.8) is 0 Å². The maximum Gasteiger partial charge on any atom is 0.184 e. The van der Waals surface area contributed by atoms with E-state index in [-0.39, 0.29) is 0 Å². The van der Waals surface area contributed by atoms with Crippen LogP contribution in [0.15, 0.2) is 42.6 Å². The Morgan fingerprint density at radius 2 is 2.21 bits per heavy atom. The number of methoxy groups -OCH3 is 1. The summed E-state index contributed by atoms with van der Waals surface area (Å²) in [6, 6.07) is 11.8. The van der Waals surface area contributed by atoms with E-state index in [0.717, 1.165) is 26.8 Å². The van der Waals surface area contributed by atoms with Gasteiger partial charge in [-0.05, 0) is 30.3 Å². The van der Waals surface area contributed by atoms with Crippen LogP contribution in [0.2, 0.25) is 0 Å². The van der Waals surface area contributed by atoms with Gasteiger partial charge in [0.2, 0.25) is 0 Å². The molecule has 4 nitrogen and oxygen atoms in total. The molecule has 1 N–H and O–H groups in total. The van der Waals surface area contributed by atoms with Gasteiger partial charge in [0.25, 0.3) is 0 Å². The number of nitrogens with one attached hydrogen (secondary N) is 1. The Bertz CT molecular complexity index is 681. The lowest BCUT2D eigenvalue weighted by Gasteiger charge is -2.00. The molecule has 19 heavy (non-hydrogen) atoms. The number of nitrogens with zero attached hydrogens (tertiary/aromatic N) is 2. The van der Waals surface area contributed by atoms with Gasteiger partial charge >= 0.3 is 0 Å². The molecule has 0 atom stereocenters. The summed E-state index contributed by atoms with van der Waals surface area (Å²) >= 11 is 1.62. The summed E-state index contributed by atoms with van der Waals surface area (Å²) < 4.78 is 6.32. The number of rotatable bonds is 4. The monoisotopic (exact) mass is 271 g/mol. The summed E-state index contributed by atoms with van der Waals surface area (Å²) in [6.07, 6.45) is 1.79. The zero-order chi connectivity index (χ0) is 13.1. The van der Waals surface area contributed by atoms with Crippen molar-refractivity contribution < 1.29 is 4.74 Å². The molecule has 2 heterocycles. The summed E-state index contributed by atoms with van der Waals surface area (Å²) in [5.74, 6) is 0.854. The van der Waals surface area contributed by atoms with E-state index < -0.39 is 0 Å². The molecule has 0 bridgehead atoms. The van der Waals surface area contributed by atoms with Crippen LogP contribution < -0.4 is 10.1 Å². The lowest BCUT2D eigenvalue weighted by atomic mass is 10.3. The predicted octanol–water partition coefficient (Wildman–Crippen LogP) is 3.31. The van der Waals surface area contributed by atoms with Crippen molar-refractivity contribution in [2.24, 2.45) is 0 Å². The quantitative estimate of drug-likeness (QED) is 0.790. The molecular formula is C14H13N3OS. The summed E-state index contributed by atoms with van der Waals surface area (Å²) in [4.78, 5) is 8.80. The van der Waals surface area contributed by atoms with Crippen LogP contribution in [0, 0.1) is 0 Å². The second-order valence-electron chi connectivity index (χ2n) is 4.03. The zero-order valence-electron chi connectivity index (χ0n) is 10.5. The maximum atomic E-state index is 5.21. The van der Waals surface area contributed by atoms with Crippen LogP contribution in [-0.4, -0.2) is 17.1 Å². The van der Waals surface area contributed by atoms with Gasteiger partial charge in [-0.2, -0.15) is 0 Å². The van der Waals surface area contributed by atoms with Crippen LogP contribution in [0.5, 0.6) is 5.75 Å². The molecule has 0 saturated heterocycles. The number of pyridine rings is 1. The molecular weight excluding hydrogens is 258 g/mol. The molecule has 0 unspecified atom stereocenters. The van der Waals surface area contributed by atoms with Crippen LogP contribution in [-0.2, 0) is 6.54 Å². The van der Waals surface area contributed by atoms with Crippen LogP contribution in [0.1, 0.15) is 5.69 Å². The van der Waals surface area contributed by atoms with Crippen molar-refractivity contribution in [2.45, 2.75) is 6.54 Å². The number of aromatic nitrogens is 2. The summed E-state index contributed by atoms with van der Waals surface area (Å²) in [6.45, 7) is 0.678. The molecule has 0 amide bonds. The molecule has 0 spiro atoms. The number of hydrogen-bond acceptors (Lipinski definition) is 5. The van der Waals surface area contributed by atoms with Gasteiger partial charge in [0.05, 0.1) is 29.6 Å². The highest BCUT2D eigenvalue weighted by molar-refractivity contribution is 7.22. The SMILES string of the molecule is COc1ccc2nc(NCc3ccccn3)sc2c1. The molecule has 96 valence electrons. The molecule has 2 aromatic heterocycles. The summed E-state index contributed by atoms with van der Waals surface area (Å²) in [5.41, 5.74) is 1.98. The Balaban J connectivity index is 1.78. The molecule has 5 heteroatoms. The van der Waals surface area contributed by atoms with Crippen molar-refractivity contribution in [3.05, 3.63) is 48.3 Å². The van der Waals surface area contributed by atoms with Gasteiger partial charge in [-0.15, -0.1) is 0 Å². The fourth-order valence-corrected chi connectivity index (χ4v) is 2.67. The number of hydrogen-bond donors (Lipinski definition) is 1. The first-order valence-electron chi connectivity index (χ1n) is 5.93.